The van der Waals surface area contributed by atoms with Gasteiger partial charge in [-0.25, -0.2) is 14.4 Å². The van der Waals surface area contributed by atoms with E-state index in [1.54, 1.807) is 60.7 Å². The van der Waals surface area contributed by atoms with Crippen molar-refractivity contribution in [3.8, 4) is 0 Å². The van der Waals surface area contributed by atoms with Crippen LogP contribution in [0.25, 0.3) is 0 Å². The van der Waals surface area contributed by atoms with Gasteiger partial charge in [0, 0.05) is 6.42 Å². The summed E-state index contributed by atoms with van der Waals surface area (Å²) in [6.45, 7) is 0.553. The molecule has 4 rings (SSSR count). The van der Waals surface area contributed by atoms with Crippen LogP contribution in [0.2, 0.25) is 0 Å². The first kappa shape index (κ1) is 37.2. The zero-order valence-corrected chi connectivity index (χ0v) is 26.7. The zero-order valence-electron chi connectivity index (χ0n) is 26.7. The lowest BCUT2D eigenvalue weighted by atomic mass is 10.1. The number of carboxylic acids is 1. The van der Waals surface area contributed by atoms with Crippen LogP contribution < -0.4 is 10.6 Å². The number of ketones is 1. The first-order chi connectivity index (χ1) is 23.6. The molecule has 0 aliphatic rings. The lowest BCUT2D eigenvalue weighted by molar-refractivity contribution is -0.141. The van der Waals surface area contributed by atoms with Crippen molar-refractivity contribution >= 4 is 35.7 Å². The van der Waals surface area contributed by atoms with Gasteiger partial charge in [0.1, 0.15) is 18.7 Å². The molecule has 0 aliphatic carbocycles. The lowest BCUT2D eigenvalue weighted by Crippen LogP contribution is -2.51. The van der Waals surface area contributed by atoms with Crippen LogP contribution in [0.4, 0.5) is 4.79 Å². The second kappa shape index (κ2) is 20.0. The molecule has 2 atom stereocenters. The minimum atomic E-state index is -1.16. The van der Waals surface area contributed by atoms with E-state index in [1.807, 2.05) is 60.7 Å². The molecular weight excluding hydrogens is 632 g/mol. The fourth-order valence-electron chi connectivity index (χ4n) is 3.99. The molecule has 0 aromatic heterocycles. The largest absolute Gasteiger partial charge is 0.480 e. The van der Waals surface area contributed by atoms with Gasteiger partial charge in [0.15, 0.2) is 13.2 Å². The van der Waals surface area contributed by atoms with Crippen LogP contribution in [0.1, 0.15) is 38.8 Å². The van der Waals surface area contributed by atoms with Crippen molar-refractivity contribution in [2.24, 2.45) is 0 Å². The van der Waals surface area contributed by atoms with Gasteiger partial charge in [0.25, 0.3) is 0 Å². The van der Waals surface area contributed by atoms with Crippen LogP contribution >= 0.6 is 0 Å². The van der Waals surface area contributed by atoms with E-state index in [9.17, 15) is 28.8 Å². The number of carbonyl (C=O) groups is 6. The monoisotopic (exact) mass is 668 g/mol. The standard InChI is InChI=1S/C20H22N2O5.C17H14O5/c1-14(19(24)25)21-18(23)17(12-15-8-4-2-5-9-15)22-20(26)27-13-16-10-6-3-7-11-16;18-15(11-21-16(19)13-7-3-1-4-8-13)12-22-17(20)14-9-5-2-6-10-14/h2-11,14,17H,12-13H2,1H3,(H,21,23)(H,22,26)(H,24,25);1-10H,11-12H2/t14-,17-;/m0./s1. The summed E-state index contributed by atoms with van der Waals surface area (Å²) in [5, 5.41) is 13.9. The smallest absolute Gasteiger partial charge is 0.408 e. The topological polar surface area (TPSA) is 174 Å². The normalized spacial score (nSPS) is 11.3. The summed E-state index contributed by atoms with van der Waals surface area (Å²) in [6.07, 6.45) is -0.544. The predicted octanol–water partition coefficient (Wildman–Crippen LogP) is 4.38. The Morgan fingerprint density at radius 2 is 1.02 bits per heavy atom. The summed E-state index contributed by atoms with van der Waals surface area (Å²) in [4.78, 5) is 70.3. The summed E-state index contributed by atoms with van der Waals surface area (Å²) in [5.74, 6) is -3.43. The Kier molecular flexibility index (Phi) is 15.2. The Hall–Kier alpha value is -6.30. The molecule has 49 heavy (non-hydrogen) atoms. The maximum absolute atomic E-state index is 12.4. The van der Waals surface area contributed by atoms with Gasteiger partial charge < -0.3 is 30.0 Å². The van der Waals surface area contributed by atoms with Crippen molar-refractivity contribution < 1.29 is 48.1 Å². The average Bonchev–Trinajstić information content (AvgIpc) is 3.13. The van der Waals surface area contributed by atoms with Crippen LogP contribution in [-0.2, 0) is 41.6 Å². The fraction of sp³-hybridized carbons (Fsp3) is 0.189. The van der Waals surface area contributed by atoms with E-state index in [1.165, 1.54) is 6.92 Å². The van der Waals surface area contributed by atoms with Crippen LogP contribution in [0.3, 0.4) is 0 Å². The summed E-state index contributed by atoms with van der Waals surface area (Å²) < 4.78 is 14.8. The Morgan fingerprint density at radius 3 is 1.47 bits per heavy atom. The molecule has 4 aromatic rings. The van der Waals surface area contributed by atoms with Gasteiger partial charge in [-0.15, -0.1) is 0 Å². The number of alkyl carbamates (subject to hydrolysis) is 1. The number of hydrogen-bond acceptors (Lipinski definition) is 9. The second-order valence-electron chi connectivity index (χ2n) is 10.4. The van der Waals surface area contributed by atoms with Crippen LogP contribution in [0.15, 0.2) is 121 Å². The summed E-state index contributed by atoms with van der Waals surface area (Å²) in [5.41, 5.74) is 2.35. The van der Waals surface area contributed by atoms with E-state index < -0.39 is 61.0 Å². The number of Topliss-reactive ketones (excluding diaryl/α,β-unsaturated/α-hetero) is 1. The number of nitrogens with one attached hydrogen (secondary N) is 2. The number of carboxylic acid groups (broad SMARTS) is 1. The molecule has 0 saturated heterocycles. The third-order valence-corrected chi connectivity index (χ3v) is 6.58. The van der Waals surface area contributed by atoms with Crippen molar-refractivity contribution in [2.45, 2.75) is 32.0 Å². The van der Waals surface area contributed by atoms with Gasteiger partial charge in [-0.05, 0) is 42.3 Å². The third kappa shape index (κ3) is 13.9. The Bertz CT molecular complexity index is 1610. The quantitative estimate of drug-likeness (QED) is 0.129. The van der Waals surface area contributed by atoms with E-state index in [0.29, 0.717) is 11.1 Å². The van der Waals surface area contributed by atoms with Gasteiger partial charge in [0.05, 0.1) is 11.1 Å². The summed E-state index contributed by atoms with van der Waals surface area (Å²) >= 11 is 0. The minimum absolute atomic E-state index is 0.0673. The SMILES string of the molecule is C[C@H](NC(=O)[C@H](Cc1ccccc1)NC(=O)OCc1ccccc1)C(=O)O.O=C(COC(=O)c1ccccc1)COC(=O)c1ccccc1. The van der Waals surface area contributed by atoms with Gasteiger partial charge in [0.2, 0.25) is 11.7 Å². The Labute approximate surface area is 283 Å². The number of carbonyl (C=O) groups excluding carboxylic acids is 5. The molecule has 0 bridgehead atoms. The number of rotatable bonds is 14. The van der Waals surface area contributed by atoms with Crippen molar-refractivity contribution in [3.05, 3.63) is 144 Å². The molecule has 2 amide bonds. The number of esters is 2. The van der Waals surface area contributed by atoms with Crippen molar-refractivity contribution in [1.29, 1.82) is 0 Å². The molecule has 0 unspecified atom stereocenters. The molecule has 3 N–H and O–H groups in total. The zero-order chi connectivity index (χ0) is 35.4. The first-order valence-corrected chi connectivity index (χ1v) is 15.1. The highest BCUT2D eigenvalue weighted by atomic mass is 16.6. The molecule has 0 saturated carbocycles. The van der Waals surface area contributed by atoms with Gasteiger partial charge in [-0.1, -0.05) is 97.1 Å². The van der Waals surface area contributed by atoms with Gasteiger partial charge in [-0.3, -0.25) is 14.4 Å². The van der Waals surface area contributed by atoms with Crippen molar-refractivity contribution in [3.63, 3.8) is 0 Å². The number of aliphatic carboxylic acids is 1. The van der Waals surface area contributed by atoms with E-state index in [-0.39, 0.29) is 13.0 Å². The average molecular weight is 669 g/mol. The molecule has 4 aromatic carbocycles. The highest BCUT2D eigenvalue weighted by Gasteiger charge is 2.25. The molecule has 0 fully saturated rings. The molecular formula is C37H36N2O10. The predicted molar refractivity (Wildman–Crippen MR) is 177 cm³/mol. The van der Waals surface area contributed by atoms with Crippen LogP contribution in [0.5, 0.6) is 0 Å². The number of benzene rings is 4. The van der Waals surface area contributed by atoms with Gasteiger partial charge in [-0.2, -0.15) is 0 Å². The number of ether oxygens (including phenoxy) is 3. The van der Waals surface area contributed by atoms with E-state index in [4.69, 9.17) is 19.3 Å². The Balaban J connectivity index is 0.000000271. The molecule has 0 radical (unpaired) electrons. The van der Waals surface area contributed by atoms with E-state index >= 15 is 0 Å². The molecule has 12 heteroatoms. The lowest BCUT2D eigenvalue weighted by Gasteiger charge is -2.20. The molecule has 12 nitrogen and oxygen atoms in total. The molecule has 0 spiro atoms. The highest BCUT2D eigenvalue weighted by Crippen LogP contribution is 2.07. The van der Waals surface area contributed by atoms with Crippen LogP contribution in [-0.4, -0.2) is 66.1 Å². The maximum Gasteiger partial charge on any atom is 0.408 e. The first-order valence-electron chi connectivity index (χ1n) is 15.1. The van der Waals surface area contributed by atoms with Gasteiger partial charge >= 0.3 is 24.0 Å². The highest BCUT2D eigenvalue weighted by molar-refractivity contribution is 5.94. The maximum atomic E-state index is 12.4. The van der Waals surface area contributed by atoms with Crippen molar-refractivity contribution in [2.75, 3.05) is 13.2 Å². The summed E-state index contributed by atoms with van der Waals surface area (Å²) in [6, 6.07) is 32.9. The number of hydrogen-bond donors (Lipinski definition) is 3. The van der Waals surface area contributed by atoms with E-state index in [0.717, 1.165) is 11.1 Å². The molecule has 0 aliphatic heterocycles. The summed E-state index contributed by atoms with van der Waals surface area (Å²) in [7, 11) is 0. The molecule has 254 valence electrons. The van der Waals surface area contributed by atoms with E-state index in [2.05, 4.69) is 10.6 Å². The molecule has 0 heterocycles. The second-order valence-corrected chi connectivity index (χ2v) is 10.4. The third-order valence-electron chi connectivity index (χ3n) is 6.58. The minimum Gasteiger partial charge on any atom is -0.480 e. The fourth-order valence-corrected chi connectivity index (χ4v) is 3.99. The Morgan fingerprint density at radius 1 is 0.592 bits per heavy atom. The van der Waals surface area contributed by atoms with Crippen LogP contribution in [0, 0.1) is 0 Å². The number of amides is 2. The van der Waals surface area contributed by atoms with Crippen molar-refractivity contribution in [1.82, 2.24) is 10.6 Å².